The molecule has 1 aromatic carbocycles. The minimum Gasteiger partial charge on any atom is -0.462 e. The number of aliphatic imine (C=N–C) groups is 1. The molecule has 1 aliphatic rings. The van der Waals surface area contributed by atoms with Gasteiger partial charge in [0.15, 0.2) is 5.17 Å². The molecule has 0 atom stereocenters. The molecule has 1 amide bonds. The minimum absolute atomic E-state index is 0.259. The van der Waals surface area contributed by atoms with Crippen LogP contribution in [0.4, 0.5) is 5.82 Å². The zero-order chi connectivity index (χ0) is 20.4. The lowest BCUT2D eigenvalue weighted by atomic mass is 10.1. The predicted molar refractivity (Wildman–Crippen MR) is 113 cm³/mol. The molecular weight excluding hydrogens is 390 g/mol. The van der Waals surface area contributed by atoms with E-state index < -0.39 is 5.97 Å². The number of aromatic nitrogens is 3. The van der Waals surface area contributed by atoms with Crippen molar-refractivity contribution in [2.24, 2.45) is 12.0 Å². The Kier molecular flexibility index (Phi) is 5.13. The molecule has 29 heavy (non-hydrogen) atoms. The van der Waals surface area contributed by atoms with E-state index in [2.05, 4.69) is 20.4 Å². The maximum Gasteiger partial charge on any atom is 0.343 e. The first-order chi connectivity index (χ1) is 14.0. The number of aryl methyl sites for hydroxylation is 1. The molecule has 1 N–H and O–H groups in total. The lowest BCUT2D eigenvalue weighted by molar-refractivity contribution is -0.113. The van der Waals surface area contributed by atoms with E-state index in [1.807, 2.05) is 30.3 Å². The second-order valence-electron chi connectivity index (χ2n) is 6.16. The lowest BCUT2D eigenvalue weighted by Crippen LogP contribution is -2.14. The van der Waals surface area contributed by atoms with Crippen molar-refractivity contribution < 1.29 is 14.3 Å². The third kappa shape index (κ3) is 3.90. The molecule has 0 saturated carbocycles. The van der Waals surface area contributed by atoms with Crippen molar-refractivity contribution in [1.82, 2.24) is 14.8 Å². The lowest BCUT2D eigenvalue weighted by Gasteiger charge is -2.07. The van der Waals surface area contributed by atoms with Crippen LogP contribution in [0, 0.1) is 0 Å². The average Bonchev–Trinajstić information content (AvgIpc) is 3.24. The number of benzene rings is 1. The van der Waals surface area contributed by atoms with E-state index >= 15 is 0 Å². The van der Waals surface area contributed by atoms with Crippen LogP contribution < -0.4 is 5.32 Å². The van der Waals surface area contributed by atoms with Crippen molar-refractivity contribution in [3.8, 4) is 0 Å². The number of nitrogens with zero attached hydrogens (tertiary/aromatic N) is 4. The molecule has 1 aliphatic heterocycles. The van der Waals surface area contributed by atoms with Crippen LogP contribution >= 0.6 is 11.8 Å². The van der Waals surface area contributed by atoms with E-state index in [1.165, 1.54) is 22.6 Å². The zero-order valence-electron chi connectivity index (χ0n) is 15.7. The second-order valence-corrected chi connectivity index (χ2v) is 7.19. The Morgan fingerprint density at radius 3 is 3.03 bits per heavy atom. The van der Waals surface area contributed by atoms with E-state index in [1.54, 1.807) is 26.2 Å². The maximum absolute atomic E-state index is 12.3. The fourth-order valence-corrected chi connectivity index (χ4v) is 3.66. The van der Waals surface area contributed by atoms with Crippen LogP contribution in [0.2, 0.25) is 0 Å². The smallest absolute Gasteiger partial charge is 0.343 e. The van der Waals surface area contributed by atoms with Gasteiger partial charge in [-0.25, -0.2) is 4.79 Å². The van der Waals surface area contributed by atoms with Crippen LogP contribution in [0.25, 0.3) is 17.0 Å². The summed E-state index contributed by atoms with van der Waals surface area (Å²) in [4.78, 5) is 33.3. The Hall–Kier alpha value is -3.46. The third-order valence-corrected chi connectivity index (χ3v) is 5.10. The number of amidine groups is 1. The standard InChI is InChI=1S/C20H17N5O3S/c1-3-28-19(27)14-11-22-25(2)17(14)23-20-24-18(26)16(29-20)10-12-6-7-15-13(9-12)5-4-8-21-15/h4-11H,3H2,1-2H3,(H,23,24,26). The molecule has 4 rings (SSSR count). The van der Waals surface area contributed by atoms with Crippen LogP contribution in [-0.2, 0) is 16.6 Å². The van der Waals surface area contributed by atoms with Crippen LogP contribution in [0.3, 0.4) is 0 Å². The summed E-state index contributed by atoms with van der Waals surface area (Å²) in [5.41, 5.74) is 2.05. The van der Waals surface area contributed by atoms with Gasteiger partial charge in [-0.15, -0.1) is 0 Å². The Morgan fingerprint density at radius 2 is 2.21 bits per heavy atom. The maximum atomic E-state index is 12.3. The van der Waals surface area contributed by atoms with Gasteiger partial charge in [-0.2, -0.15) is 10.1 Å². The summed E-state index contributed by atoms with van der Waals surface area (Å²) < 4.78 is 6.54. The van der Waals surface area contributed by atoms with Crippen LogP contribution in [-0.4, -0.2) is 38.4 Å². The van der Waals surface area contributed by atoms with Crippen molar-refractivity contribution in [3.05, 3.63) is 58.8 Å². The van der Waals surface area contributed by atoms with E-state index in [-0.39, 0.29) is 18.1 Å². The van der Waals surface area contributed by atoms with Gasteiger partial charge in [-0.05, 0) is 48.5 Å². The third-order valence-electron chi connectivity index (χ3n) is 4.20. The Morgan fingerprint density at radius 1 is 1.34 bits per heavy atom. The molecule has 0 fully saturated rings. The normalized spacial score (nSPS) is 15.0. The molecule has 0 aliphatic carbocycles. The fourth-order valence-electron chi connectivity index (χ4n) is 2.84. The van der Waals surface area contributed by atoms with E-state index in [0.29, 0.717) is 15.9 Å². The number of nitrogens with one attached hydrogen (secondary N) is 1. The number of carbonyl (C=O) groups is 2. The average molecular weight is 407 g/mol. The highest BCUT2D eigenvalue weighted by Crippen LogP contribution is 2.30. The molecule has 9 heteroatoms. The molecule has 0 spiro atoms. The summed E-state index contributed by atoms with van der Waals surface area (Å²) in [6.07, 6.45) is 4.95. The number of rotatable bonds is 4. The van der Waals surface area contributed by atoms with Crippen molar-refractivity contribution in [1.29, 1.82) is 0 Å². The largest absolute Gasteiger partial charge is 0.462 e. The van der Waals surface area contributed by atoms with Crippen LogP contribution in [0.1, 0.15) is 22.8 Å². The number of esters is 1. The van der Waals surface area contributed by atoms with Crippen molar-refractivity contribution in [2.75, 3.05) is 11.9 Å². The Balaban J connectivity index is 1.55. The highest BCUT2D eigenvalue weighted by molar-refractivity contribution is 8.18. The molecule has 8 nitrogen and oxygen atoms in total. The number of pyridine rings is 1. The zero-order valence-corrected chi connectivity index (χ0v) is 16.6. The molecule has 0 saturated heterocycles. The molecule has 0 radical (unpaired) electrons. The van der Waals surface area contributed by atoms with Crippen molar-refractivity contribution in [2.45, 2.75) is 6.92 Å². The first-order valence-corrected chi connectivity index (χ1v) is 9.70. The van der Waals surface area contributed by atoms with E-state index in [4.69, 9.17) is 4.74 Å². The molecular formula is C20H17N5O3S. The van der Waals surface area contributed by atoms with Crippen LogP contribution in [0.5, 0.6) is 0 Å². The Bertz CT molecular complexity index is 1180. The summed E-state index contributed by atoms with van der Waals surface area (Å²) in [6.45, 7) is 1.99. The molecule has 0 bridgehead atoms. The summed E-state index contributed by atoms with van der Waals surface area (Å²) in [5.74, 6) is -0.414. The first-order valence-electron chi connectivity index (χ1n) is 8.88. The van der Waals surface area contributed by atoms with Crippen molar-refractivity contribution in [3.63, 3.8) is 0 Å². The summed E-state index contributed by atoms with van der Waals surface area (Å²) in [6, 6.07) is 9.62. The van der Waals surface area contributed by atoms with Gasteiger partial charge in [0.2, 0.25) is 0 Å². The van der Waals surface area contributed by atoms with Gasteiger partial charge in [0.1, 0.15) is 11.4 Å². The Labute approximate surface area is 170 Å². The highest BCUT2D eigenvalue weighted by Gasteiger charge is 2.25. The molecule has 3 aromatic rings. The van der Waals surface area contributed by atoms with Gasteiger partial charge in [-0.1, -0.05) is 12.1 Å². The molecule has 146 valence electrons. The topological polar surface area (TPSA) is 98.5 Å². The minimum atomic E-state index is -0.487. The fraction of sp³-hybridized carbons (Fsp3) is 0.150. The number of amides is 1. The quantitative estimate of drug-likeness (QED) is 0.524. The van der Waals surface area contributed by atoms with E-state index in [9.17, 15) is 9.59 Å². The number of hydrogen-bond donors (Lipinski definition) is 1. The van der Waals surface area contributed by atoms with E-state index in [0.717, 1.165) is 16.5 Å². The summed E-state index contributed by atoms with van der Waals surface area (Å²) in [5, 5.41) is 8.46. The SMILES string of the molecule is CCOC(=O)c1cnn(C)c1NC1=NC(=O)C(=Cc2ccc3ncccc3c2)S1. The number of carbonyl (C=O) groups excluding carboxylic acids is 2. The summed E-state index contributed by atoms with van der Waals surface area (Å²) >= 11 is 1.20. The van der Waals surface area contributed by atoms with Crippen LogP contribution in [0.15, 0.2) is 52.6 Å². The van der Waals surface area contributed by atoms with Gasteiger partial charge in [0.25, 0.3) is 5.91 Å². The number of thioether (sulfide) groups is 1. The first kappa shape index (κ1) is 18.9. The molecule has 2 aromatic heterocycles. The van der Waals surface area contributed by atoms with Gasteiger partial charge >= 0.3 is 5.97 Å². The monoisotopic (exact) mass is 407 g/mol. The van der Waals surface area contributed by atoms with Gasteiger partial charge in [0.05, 0.1) is 23.2 Å². The number of anilines is 1. The van der Waals surface area contributed by atoms with Gasteiger partial charge < -0.3 is 10.1 Å². The second kappa shape index (κ2) is 7.88. The predicted octanol–water partition coefficient (Wildman–Crippen LogP) is 3.23. The number of hydrogen-bond acceptors (Lipinski definition) is 7. The summed E-state index contributed by atoms with van der Waals surface area (Å²) in [7, 11) is 1.69. The number of ether oxygens (including phenoxy) is 1. The van der Waals surface area contributed by atoms with Gasteiger partial charge in [-0.3, -0.25) is 14.5 Å². The van der Waals surface area contributed by atoms with Gasteiger partial charge in [0, 0.05) is 18.6 Å². The molecule has 0 unspecified atom stereocenters. The highest BCUT2D eigenvalue weighted by atomic mass is 32.2. The molecule has 3 heterocycles. The van der Waals surface area contributed by atoms with Crippen molar-refractivity contribution >= 4 is 51.6 Å². The number of fused-ring (bicyclic) bond motifs is 1.